The molecular formula is C16H22N4O2. The van der Waals surface area contributed by atoms with Crippen molar-refractivity contribution < 1.29 is 9.90 Å². The van der Waals surface area contributed by atoms with Crippen molar-refractivity contribution in [3.05, 3.63) is 23.5 Å². The number of aromatic nitrogens is 3. The molecule has 0 aromatic carbocycles. The van der Waals surface area contributed by atoms with Crippen molar-refractivity contribution in [2.24, 2.45) is 0 Å². The first-order valence-corrected chi connectivity index (χ1v) is 7.76. The van der Waals surface area contributed by atoms with E-state index >= 15 is 0 Å². The molecule has 0 atom stereocenters. The maximum Gasteiger partial charge on any atom is 0.354 e. The molecule has 0 bridgehead atoms. The van der Waals surface area contributed by atoms with Gasteiger partial charge in [0, 0.05) is 30.6 Å². The molecule has 0 aliphatic carbocycles. The minimum absolute atomic E-state index is 0.0773. The van der Waals surface area contributed by atoms with Gasteiger partial charge in [0.25, 0.3) is 0 Å². The molecule has 118 valence electrons. The number of piperidine rings is 1. The smallest absolute Gasteiger partial charge is 0.354 e. The summed E-state index contributed by atoms with van der Waals surface area (Å²) in [6.45, 7) is 8.14. The molecule has 3 rings (SSSR count). The number of carboxylic acids is 1. The number of hydrogen-bond acceptors (Lipinski definition) is 4. The second-order valence-corrected chi connectivity index (χ2v) is 6.90. The van der Waals surface area contributed by atoms with Crippen LogP contribution in [-0.2, 0) is 5.41 Å². The Kier molecular flexibility index (Phi) is 3.54. The normalized spacial score (nSPS) is 16.2. The van der Waals surface area contributed by atoms with Crippen molar-refractivity contribution in [3.63, 3.8) is 0 Å². The Balaban J connectivity index is 2.18. The van der Waals surface area contributed by atoms with Gasteiger partial charge in [-0.3, -0.25) is 0 Å². The van der Waals surface area contributed by atoms with Crippen LogP contribution in [0, 0.1) is 0 Å². The first-order valence-electron chi connectivity index (χ1n) is 7.76. The fraction of sp³-hybridized carbons (Fsp3) is 0.562. The van der Waals surface area contributed by atoms with Crippen LogP contribution in [0.4, 0.5) is 5.82 Å². The van der Waals surface area contributed by atoms with E-state index in [4.69, 9.17) is 0 Å². The summed E-state index contributed by atoms with van der Waals surface area (Å²) >= 11 is 0. The highest BCUT2D eigenvalue weighted by molar-refractivity contribution is 5.87. The summed E-state index contributed by atoms with van der Waals surface area (Å²) < 4.78 is 1.79. The predicted octanol–water partition coefficient (Wildman–Crippen LogP) is 2.72. The largest absolute Gasteiger partial charge is 0.477 e. The van der Waals surface area contributed by atoms with Crippen LogP contribution in [0.5, 0.6) is 0 Å². The standard InChI is InChI=1S/C16H22N4O2/c1-16(2,3)12-10-13-17-11(15(21)22)9-14(20(13)18-12)19-7-5-4-6-8-19/h9-10H,4-8H2,1-3H3,(H,21,22). The fourth-order valence-corrected chi connectivity index (χ4v) is 2.78. The van der Waals surface area contributed by atoms with Crippen molar-refractivity contribution in [1.29, 1.82) is 0 Å². The Bertz CT molecular complexity index is 709. The van der Waals surface area contributed by atoms with Crippen molar-refractivity contribution >= 4 is 17.4 Å². The van der Waals surface area contributed by atoms with E-state index in [9.17, 15) is 9.90 Å². The number of carboxylic acid groups (broad SMARTS) is 1. The molecule has 6 heteroatoms. The molecule has 1 aliphatic rings. The van der Waals surface area contributed by atoms with Crippen LogP contribution in [0.3, 0.4) is 0 Å². The minimum atomic E-state index is -1.00. The van der Waals surface area contributed by atoms with Gasteiger partial charge in [-0.05, 0) is 19.3 Å². The van der Waals surface area contributed by atoms with E-state index in [1.165, 1.54) is 6.42 Å². The molecular weight excluding hydrogens is 280 g/mol. The van der Waals surface area contributed by atoms with Gasteiger partial charge in [0.05, 0.1) is 5.69 Å². The first kappa shape index (κ1) is 14.8. The zero-order chi connectivity index (χ0) is 15.9. The van der Waals surface area contributed by atoms with E-state index in [-0.39, 0.29) is 11.1 Å². The van der Waals surface area contributed by atoms with Crippen molar-refractivity contribution in [2.75, 3.05) is 18.0 Å². The third kappa shape index (κ3) is 2.65. The highest BCUT2D eigenvalue weighted by Gasteiger charge is 2.23. The molecule has 3 heterocycles. The molecule has 1 aliphatic heterocycles. The molecule has 22 heavy (non-hydrogen) atoms. The Morgan fingerprint density at radius 1 is 1.18 bits per heavy atom. The molecule has 6 nitrogen and oxygen atoms in total. The lowest BCUT2D eigenvalue weighted by Gasteiger charge is -2.29. The number of anilines is 1. The summed E-state index contributed by atoms with van der Waals surface area (Å²) in [4.78, 5) is 17.8. The van der Waals surface area contributed by atoms with Gasteiger partial charge in [0.2, 0.25) is 0 Å². The second kappa shape index (κ2) is 5.26. The van der Waals surface area contributed by atoms with Crippen molar-refractivity contribution in [3.8, 4) is 0 Å². The van der Waals surface area contributed by atoms with Crippen LogP contribution in [0.25, 0.3) is 5.65 Å². The van der Waals surface area contributed by atoms with Crippen molar-refractivity contribution in [2.45, 2.75) is 45.4 Å². The van der Waals surface area contributed by atoms with Gasteiger partial charge in [-0.1, -0.05) is 20.8 Å². The lowest BCUT2D eigenvalue weighted by molar-refractivity contribution is 0.0690. The minimum Gasteiger partial charge on any atom is -0.477 e. The number of nitrogens with zero attached hydrogens (tertiary/aromatic N) is 4. The van der Waals surface area contributed by atoms with Crippen LogP contribution < -0.4 is 4.90 Å². The average Bonchev–Trinajstić information content (AvgIpc) is 2.91. The Hall–Kier alpha value is -2.11. The average molecular weight is 302 g/mol. The van der Waals surface area contributed by atoms with Gasteiger partial charge in [-0.25, -0.2) is 9.78 Å². The Labute approximate surface area is 129 Å². The van der Waals surface area contributed by atoms with E-state index in [2.05, 4.69) is 35.8 Å². The number of carbonyl (C=O) groups is 1. The molecule has 1 N–H and O–H groups in total. The quantitative estimate of drug-likeness (QED) is 0.923. The second-order valence-electron chi connectivity index (χ2n) is 6.90. The zero-order valence-corrected chi connectivity index (χ0v) is 13.3. The van der Waals surface area contributed by atoms with Crippen LogP contribution in [-0.4, -0.2) is 38.8 Å². The van der Waals surface area contributed by atoms with Crippen molar-refractivity contribution in [1.82, 2.24) is 14.6 Å². The first-order chi connectivity index (χ1) is 10.4. The van der Waals surface area contributed by atoms with Gasteiger partial charge >= 0.3 is 5.97 Å². The van der Waals surface area contributed by atoms with E-state index in [1.54, 1.807) is 10.6 Å². The summed E-state index contributed by atoms with van der Waals surface area (Å²) in [6, 6.07) is 3.53. The molecule has 1 saturated heterocycles. The van der Waals surface area contributed by atoms with Crippen LogP contribution in [0.1, 0.15) is 56.2 Å². The van der Waals surface area contributed by atoms with Gasteiger partial charge < -0.3 is 10.0 Å². The molecule has 0 spiro atoms. The summed E-state index contributed by atoms with van der Waals surface area (Å²) in [5, 5.41) is 14.0. The van der Waals surface area contributed by atoms with Crippen LogP contribution in [0.2, 0.25) is 0 Å². The third-order valence-corrected chi connectivity index (χ3v) is 4.08. The molecule has 0 radical (unpaired) electrons. The molecule has 2 aromatic rings. The number of rotatable bonds is 2. The highest BCUT2D eigenvalue weighted by Crippen LogP contribution is 2.26. The van der Waals surface area contributed by atoms with Gasteiger partial charge in [0.15, 0.2) is 11.3 Å². The topological polar surface area (TPSA) is 70.7 Å². The maximum atomic E-state index is 11.4. The van der Waals surface area contributed by atoms with Crippen LogP contribution in [0.15, 0.2) is 12.1 Å². The number of hydrogen-bond donors (Lipinski definition) is 1. The fourth-order valence-electron chi connectivity index (χ4n) is 2.78. The lowest BCUT2D eigenvalue weighted by atomic mass is 9.93. The SMILES string of the molecule is CC(C)(C)c1cc2nc(C(=O)O)cc(N3CCCCC3)n2n1. The predicted molar refractivity (Wildman–Crippen MR) is 84.7 cm³/mol. The molecule has 1 fully saturated rings. The highest BCUT2D eigenvalue weighted by atomic mass is 16.4. The molecule has 0 amide bonds. The monoisotopic (exact) mass is 302 g/mol. The van der Waals surface area contributed by atoms with Gasteiger partial charge in [-0.2, -0.15) is 9.61 Å². The molecule has 2 aromatic heterocycles. The Morgan fingerprint density at radius 2 is 1.86 bits per heavy atom. The third-order valence-electron chi connectivity index (χ3n) is 4.08. The lowest BCUT2D eigenvalue weighted by Crippen LogP contribution is -2.31. The molecule has 0 unspecified atom stereocenters. The van der Waals surface area contributed by atoms with E-state index in [0.717, 1.165) is 37.4 Å². The van der Waals surface area contributed by atoms with E-state index < -0.39 is 5.97 Å². The van der Waals surface area contributed by atoms with Gasteiger partial charge in [0.1, 0.15) is 5.82 Å². The summed E-state index contributed by atoms with van der Waals surface area (Å²) in [5.41, 5.74) is 1.50. The number of aromatic carboxylic acids is 1. The zero-order valence-electron chi connectivity index (χ0n) is 13.3. The number of fused-ring (bicyclic) bond motifs is 1. The van der Waals surface area contributed by atoms with Gasteiger partial charge in [-0.15, -0.1) is 0 Å². The van der Waals surface area contributed by atoms with E-state index in [0.29, 0.717) is 5.65 Å². The summed E-state index contributed by atoms with van der Waals surface area (Å²) in [6.07, 6.45) is 3.47. The summed E-state index contributed by atoms with van der Waals surface area (Å²) in [5.74, 6) is -0.170. The Morgan fingerprint density at radius 3 is 2.45 bits per heavy atom. The maximum absolute atomic E-state index is 11.4. The molecule has 0 saturated carbocycles. The van der Waals surface area contributed by atoms with Crippen LogP contribution >= 0.6 is 0 Å². The summed E-state index contributed by atoms with van der Waals surface area (Å²) in [7, 11) is 0. The van der Waals surface area contributed by atoms with E-state index in [1.807, 2.05) is 6.07 Å².